The highest BCUT2D eigenvalue weighted by atomic mass is 15.3. The third-order valence-electron chi connectivity index (χ3n) is 6.16. The van der Waals surface area contributed by atoms with Gasteiger partial charge in [0.25, 0.3) is 0 Å². The van der Waals surface area contributed by atoms with Gasteiger partial charge in [-0.15, -0.1) is 0 Å². The Morgan fingerprint density at radius 1 is 1.17 bits per heavy atom. The quantitative estimate of drug-likeness (QED) is 0.825. The molecule has 0 spiro atoms. The Balaban J connectivity index is 1.38. The van der Waals surface area contributed by atoms with Crippen molar-refractivity contribution in [3.8, 4) is 0 Å². The molecule has 2 heteroatoms. The van der Waals surface area contributed by atoms with Crippen LogP contribution in [0.1, 0.15) is 39.5 Å². The van der Waals surface area contributed by atoms with E-state index in [0.29, 0.717) is 0 Å². The molecule has 4 fully saturated rings. The monoisotopic (exact) mass is 248 g/mol. The van der Waals surface area contributed by atoms with Crippen LogP contribution in [0, 0.1) is 29.6 Å². The van der Waals surface area contributed by atoms with Crippen molar-refractivity contribution in [2.24, 2.45) is 29.6 Å². The van der Waals surface area contributed by atoms with E-state index in [-0.39, 0.29) is 0 Å². The molecule has 1 aliphatic heterocycles. The van der Waals surface area contributed by atoms with Crippen molar-refractivity contribution >= 4 is 0 Å². The van der Waals surface area contributed by atoms with E-state index < -0.39 is 0 Å². The van der Waals surface area contributed by atoms with Crippen molar-refractivity contribution in [3.05, 3.63) is 0 Å². The van der Waals surface area contributed by atoms with Crippen molar-refractivity contribution < 1.29 is 0 Å². The normalized spacial score (nSPS) is 50.8. The Labute approximate surface area is 111 Å². The van der Waals surface area contributed by atoms with E-state index in [1.165, 1.54) is 26.1 Å². The van der Waals surface area contributed by atoms with Crippen LogP contribution in [0.5, 0.6) is 0 Å². The van der Waals surface area contributed by atoms with E-state index in [0.717, 1.165) is 41.7 Å². The molecule has 4 aliphatic rings. The third kappa shape index (κ3) is 1.76. The number of rotatable bonds is 3. The molecule has 0 amide bonds. The number of piperazine rings is 1. The molecule has 0 aromatic heterocycles. The van der Waals surface area contributed by atoms with Gasteiger partial charge in [-0.1, -0.05) is 13.8 Å². The van der Waals surface area contributed by atoms with Gasteiger partial charge >= 0.3 is 0 Å². The second-order valence-electron chi connectivity index (χ2n) is 7.75. The maximum atomic E-state index is 3.73. The molecular weight excluding hydrogens is 220 g/mol. The third-order valence-corrected chi connectivity index (χ3v) is 6.16. The summed E-state index contributed by atoms with van der Waals surface area (Å²) in [6.45, 7) is 8.57. The van der Waals surface area contributed by atoms with Crippen LogP contribution >= 0.6 is 0 Å². The topological polar surface area (TPSA) is 15.3 Å². The van der Waals surface area contributed by atoms with Gasteiger partial charge in [-0.2, -0.15) is 0 Å². The molecule has 4 rings (SSSR count). The molecule has 2 nitrogen and oxygen atoms in total. The van der Waals surface area contributed by atoms with Gasteiger partial charge in [-0.05, 0) is 55.3 Å². The Kier molecular flexibility index (Phi) is 2.74. The zero-order valence-electron chi connectivity index (χ0n) is 11.9. The molecule has 3 aliphatic carbocycles. The standard InChI is InChI=1S/C16H28N2/c1-10(2)7-13-9-18(6-5-17-13)16-14-11-3-4-12(8-11)15(14)16/h10-17H,3-9H2,1-2H3. The zero-order valence-corrected chi connectivity index (χ0v) is 11.9. The van der Waals surface area contributed by atoms with Crippen LogP contribution in [0.4, 0.5) is 0 Å². The lowest BCUT2D eigenvalue weighted by molar-refractivity contribution is 0.154. The summed E-state index contributed by atoms with van der Waals surface area (Å²) in [5.41, 5.74) is 0. The first-order valence-corrected chi connectivity index (χ1v) is 8.21. The summed E-state index contributed by atoms with van der Waals surface area (Å²) in [7, 11) is 0. The second kappa shape index (κ2) is 4.21. The smallest absolute Gasteiger partial charge is 0.0198 e. The molecule has 5 unspecified atom stereocenters. The van der Waals surface area contributed by atoms with Gasteiger partial charge in [0.1, 0.15) is 0 Å². The Hall–Kier alpha value is -0.0800. The SMILES string of the molecule is CC(C)CC1CN(C2C3C4CCC(C4)C32)CCN1. The highest BCUT2D eigenvalue weighted by Crippen LogP contribution is 2.67. The van der Waals surface area contributed by atoms with E-state index in [1.807, 2.05) is 0 Å². The maximum Gasteiger partial charge on any atom is 0.0198 e. The van der Waals surface area contributed by atoms with Gasteiger partial charge in [-0.3, -0.25) is 4.90 Å². The van der Waals surface area contributed by atoms with E-state index in [2.05, 4.69) is 24.1 Å². The van der Waals surface area contributed by atoms with Crippen molar-refractivity contribution in [3.63, 3.8) is 0 Å². The predicted octanol–water partition coefficient (Wildman–Crippen LogP) is 2.35. The number of nitrogens with zero attached hydrogens (tertiary/aromatic N) is 1. The lowest BCUT2D eigenvalue weighted by atomic mass is 10.0. The van der Waals surface area contributed by atoms with Gasteiger partial charge in [0, 0.05) is 31.7 Å². The van der Waals surface area contributed by atoms with Crippen molar-refractivity contribution in [2.45, 2.75) is 51.6 Å². The number of hydrogen-bond donors (Lipinski definition) is 1. The van der Waals surface area contributed by atoms with Crippen molar-refractivity contribution in [1.82, 2.24) is 10.2 Å². The molecule has 0 aromatic rings. The minimum absolute atomic E-state index is 0.762. The summed E-state index contributed by atoms with van der Waals surface area (Å²) in [5.74, 6) is 5.34. The fourth-order valence-corrected chi connectivity index (χ4v) is 5.62. The molecule has 1 N–H and O–H groups in total. The fraction of sp³-hybridized carbons (Fsp3) is 1.00. The van der Waals surface area contributed by atoms with E-state index in [4.69, 9.17) is 0 Å². The summed E-state index contributed by atoms with van der Waals surface area (Å²) in [4.78, 5) is 2.86. The van der Waals surface area contributed by atoms with Crippen LogP contribution in [0.15, 0.2) is 0 Å². The first-order chi connectivity index (χ1) is 8.74. The average molecular weight is 248 g/mol. The number of fused-ring (bicyclic) bond motifs is 5. The number of nitrogens with one attached hydrogen (secondary N) is 1. The van der Waals surface area contributed by atoms with Crippen LogP contribution in [-0.4, -0.2) is 36.6 Å². The molecule has 2 bridgehead atoms. The molecule has 5 atom stereocenters. The largest absolute Gasteiger partial charge is 0.311 e. The van der Waals surface area contributed by atoms with Gasteiger partial charge < -0.3 is 5.32 Å². The summed E-state index contributed by atoms with van der Waals surface area (Å²) in [6, 6.07) is 1.77. The fourth-order valence-electron chi connectivity index (χ4n) is 5.62. The van der Waals surface area contributed by atoms with Crippen molar-refractivity contribution in [1.29, 1.82) is 0 Å². The molecule has 18 heavy (non-hydrogen) atoms. The van der Waals surface area contributed by atoms with Crippen LogP contribution in [0.25, 0.3) is 0 Å². The van der Waals surface area contributed by atoms with Crippen LogP contribution in [-0.2, 0) is 0 Å². The average Bonchev–Trinajstić information content (AvgIpc) is 2.78. The Bertz CT molecular complexity index is 311. The van der Waals surface area contributed by atoms with Crippen molar-refractivity contribution in [2.75, 3.05) is 19.6 Å². The molecule has 0 aromatic carbocycles. The Morgan fingerprint density at radius 3 is 2.56 bits per heavy atom. The minimum Gasteiger partial charge on any atom is -0.311 e. The summed E-state index contributed by atoms with van der Waals surface area (Å²) in [5, 5.41) is 3.73. The molecule has 1 saturated heterocycles. The number of hydrogen-bond acceptors (Lipinski definition) is 2. The first kappa shape index (κ1) is 11.7. The predicted molar refractivity (Wildman–Crippen MR) is 74.4 cm³/mol. The molecule has 102 valence electrons. The minimum atomic E-state index is 0.762. The van der Waals surface area contributed by atoms with Gasteiger partial charge in [0.15, 0.2) is 0 Å². The molecular formula is C16H28N2. The van der Waals surface area contributed by atoms with Gasteiger partial charge in [0.2, 0.25) is 0 Å². The molecule has 0 radical (unpaired) electrons. The summed E-state index contributed by atoms with van der Waals surface area (Å²) >= 11 is 0. The van der Waals surface area contributed by atoms with Crippen LogP contribution in [0.3, 0.4) is 0 Å². The highest BCUT2D eigenvalue weighted by molar-refractivity contribution is 5.17. The van der Waals surface area contributed by atoms with Crippen LogP contribution < -0.4 is 5.32 Å². The molecule has 3 saturated carbocycles. The lowest BCUT2D eigenvalue weighted by Crippen LogP contribution is -2.52. The van der Waals surface area contributed by atoms with E-state index in [1.54, 1.807) is 19.3 Å². The summed E-state index contributed by atoms with van der Waals surface area (Å²) < 4.78 is 0. The summed E-state index contributed by atoms with van der Waals surface area (Å²) in [6.07, 6.45) is 6.06. The van der Waals surface area contributed by atoms with E-state index >= 15 is 0 Å². The van der Waals surface area contributed by atoms with Gasteiger partial charge in [0.05, 0.1) is 0 Å². The van der Waals surface area contributed by atoms with Crippen LogP contribution in [0.2, 0.25) is 0 Å². The second-order valence-corrected chi connectivity index (χ2v) is 7.75. The maximum absolute atomic E-state index is 3.73. The molecule has 1 heterocycles. The zero-order chi connectivity index (χ0) is 12.3. The van der Waals surface area contributed by atoms with E-state index in [9.17, 15) is 0 Å². The highest BCUT2D eigenvalue weighted by Gasteiger charge is 2.66. The first-order valence-electron chi connectivity index (χ1n) is 8.21. The lowest BCUT2D eigenvalue weighted by Gasteiger charge is -2.36. The Morgan fingerprint density at radius 2 is 1.89 bits per heavy atom. The van der Waals surface area contributed by atoms with Gasteiger partial charge in [-0.25, -0.2) is 0 Å².